The number of nitrogens with zero attached hydrogens (tertiary/aromatic N) is 3. The summed E-state index contributed by atoms with van der Waals surface area (Å²) in [4.78, 5) is 10.3. The average Bonchev–Trinajstić information content (AvgIpc) is 3.77. The predicted molar refractivity (Wildman–Crippen MR) is 237 cm³/mol. The van der Waals surface area contributed by atoms with Gasteiger partial charge in [-0.05, 0) is 64.7 Å². The highest BCUT2D eigenvalue weighted by molar-refractivity contribution is 7.86. The molecule has 0 aliphatic carbocycles. The van der Waals surface area contributed by atoms with Crippen molar-refractivity contribution in [2.75, 3.05) is 0 Å². The van der Waals surface area contributed by atoms with Crippen LogP contribution in [0.15, 0.2) is 206 Å². The first-order chi connectivity index (χ1) is 28.1. The third-order valence-electron chi connectivity index (χ3n) is 11.2. The van der Waals surface area contributed by atoms with Crippen LogP contribution in [0, 0.1) is 0 Å². The smallest absolute Gasteiger partial charge is 0.172 e. The Bertz CT molecular complexity index is 3180. The zero-order valence-corrected chi connectivity index (χ0v) is 31.7. The van der Waals surface area contributed by atoms with Gasteiger partial charge in [0.25, 0.3) is 0 Å². The summed E-state index contributed by atoms with van der Waals surface area (Å²) in [5, 5.41) is 4.81. The Morgan fingerprint density at radius 2 is 0.965 bits per heavy atom. The number of benzene rings is 8. The lowest BCUT2D eigenvalue weighted by Crippen LogP contribution is -2.21. The molecule has 0 amide bonds. The van der Waals surface area contributed by atoms with Gasteiger partial charge >= 0.3 is 0 Å². The van der Waals surface area contributed by atoms with Crippen molar-refractivity contribution in [2.24, 2.45) is 0 Å². The standard InChI is InChI=1S/C52H34N3OP/c56-57(41-18-8-3-9-19-41)49-23-13-11-20-42(49)43-32-33-48-50(51(43)57)44-21-10-12-22-47(44)55(48)40-30-28-39(29-31-40)52-53-45(37-16-6-2-7-17-37)34-46(54-52)38-26-24-36(25-27-38)35-14-4-1-5-15-35/h1-34H. The van der Waals surface area contributed by atoms with Crippen molar-refractivity contribution in [3.05, 3.63) is 206 Å². The molecule has 57 heavy (non-hydrogen) atoms. The molecule has 0 spiro atoms. The highest BCUT2D eigenvalue weighted by Crippen LogP contribution is 2.55. The van der Waals surface area contributed by atoms with Crippen molar-refractivity contribution in [2.45, 2.75) is 0 Å². The van der Waals surface area contributed by atoms with Gasteiger partial charge in [-0.2, -0.15) is 0 Å². The van der Waals surface area contributed by atoms with Gasteiger partial charge in [0, 0.05) is 49.1 Å². The van der Waals surface area contributed by atoms with Crippen molar-refractivity contribution in [3.8, 4) is 61.8 Å². The Morgan fingerprint density at radius 3 is 1.68 bits per heavy atom. The molecule has 8 aromatic carbocycles. The molecule has 0 bridgehead atoms. The van der Waals surface area contributed by atoms with Crippen molar-refractivity contribution in [1.82, 2.24) is 14.5 Å². The normalized spacial score (nSPS) is 14.5. The summed E-state index contributed by atoms with van der Waals surface area (Å²) in [5.41, 5.74) is 12.2. The van der Waals surface area contributed by atoms with E-state index in [1.54, 1.807) is 0 Å². The molecule has 0 fully saturated rings. The average molecular weight is 748 g/mol. The largest absolute Gasteiger partial charge is 0.309 e. The molecule has 0 saturated carbocycles. The van der Waals surface area contributed by atoms with Crippen LogP contribution in [0.25, 0.3) is 83.6 Å². The van der Waals surface area contributed by atoms with Gasteiger partial charge < -0.3 is 9.13 Å². The van der Waals surface area contributed by atoms with Crippen LogP contribution in [0.2, 0.25) is 0 Å². The monoisotopic (exact) mass is 747 g/mol. The first-order valence-electron chi connectivity index (χ1n) is 19.2. The van der Waals surface area contributed by atoms with Crippen molar-refractivity contribution in [3.63, 3.8) is 0 Å². The Balaban J connectivity index is 1.05. The molecule has 10 aromatic rings. The minimum atomic E-state index is -3.19. The SMILES string of the molecule is O=P1(c2ccccc2)c2ccccc2-c2ccc3c(c21)c1ccccc1n3-c1ccc(-c2nc(-c3ccccc3)cc(-c3ccc(-c4ccccc4)cc3)n2)cc1. The van der Waals surface area contributed by atoms with Crippen molar-refractivity contribution < 1.29 is 4.57 Å². The van der Waals surface area contributed by atoms with Crippen LogP contribution in [0.1, 0.15) is 0 Å². The van der Waals surface area contributed by atoms with E-state index in [1.165, 1.54) is 5.56 Å². The third kappa shape index (κ3) is 5.33. The molecule has 0 N–H and O–H groups in total. The van der Waals surface area contributed by atoms with E-state index in [1.807, 2.05) is 72.8 Å². The van der Waals surface area contributed by atoms with Crippen LogP contribution < -0.4 is 15.9 Å². The lowest BCUT2D eigenvalue weighted by atomic mass is 10.0. The van der Waals surface area contributed by atoms with Gasteiger partial charge in [0.15, 0.2) is 13.0 Å². The first kappa shape index (κ1) is 33.2. The number of hydrogen-bond acceptors (Lipinski definition) is 3. The summed E-state index contributed by atoms with van der Waals surface area (Å²) in [6.07, 6.45) is 0. The van der Waals surface area contributed by atoms with Gasteiger partial charge in [-0.1, -0.05) is 164 Å². The summed E-state index contributed by atoms with van der Waals surface area (Å²) in [6.45, 7) is 0. The fraction of sp³-hybridized carbons (Fsp3) is 0. The van der Waals surface area contributed by atoms with E-state index in [9.17, 15) is 0 Å². The first-order valence-corrected chi connectivity index (χ1v) is 20.9. The molecule has 1 unspecified atom stereocenters. The lowest BCUT2D eigenvalue weighted by molar-refractivity contribution is 0.593. The van der Waals surface area contributed by atoms with E-state index >= 15 is 4.57 Å². The molecule has 4 nitrogen and oxygen atoms in total. The maximum absolute atomic E-state index is 15.8. The zero-order valence-electron chi connectivity index (χ0n) is 30.8. The molecular formula is C52H34N3OP. The Labute approximate surface area is 330 Å². The number of aromatic nitrogens is 3. The molecular weight excluding hydrogens is 714 g/mol. The van der Waals surface area contributed by atoms with Crippen LogP contribution in [0.5, 0.6) is 0 Å². The van der Waals surface area contributed by atoms with Gasteiger partial charge in [0.05, 0.1) is 22.4 Å². The molecule has 1 atom stereocenters. The molecule has 268 valence electrons. The minimum Gasteiger partial charge on any atom is -0.309 e. The van der Waals surface area contributed by atoms with Crippen LogP contribution in [0.4, 0.5) is 0 Å². The fourth-order valence-corrected chi connectivity index (χ4v) is 11.9. The van der Waals surface area contributed by atoms with Crippen LogP contribution in [-0.2, 0) is 4.57 Å². The molecule has 3 heterocycles. The maximum atomic E-state index is 15.8. The second-order valence-electron chi connectivity index (χ2n) is 14.5. The van der Waals surface area contributed by atoms with Gasteiger partial charge in [0.1, 0.15) is 0 Å². The van der Waals surface area contributed by atoms with E-state index in [2.05, 4.69) is 138 Å². The summed E-state index contributed by atoms with van der Waals surface area (Å²) in [7, 11) is -3.19. The van der Waals surface area contributed by atoms with Gasteiger partial charge in [-0.25, -0.2) is 9.97 Å². The molecule has 0 radical (unpaired) electrons. The van der Waals surface area contributed by atoms with Crippen molar-refractivity contribution >= 4 is 44.9 Å². The van der Waals surface area contributed by atoms with E-state index in [4.69, 9.17) is 9.97 Å². The quantitative estimate of drug-likeness (QED) is 0.159. The molecule has 5 heteroatoms. The summed E-state index contributed by atoms with van der Waals surface area (Å²) < 4.78 is 18.1. The summed E-state index contributed by atoms with van der Waals surface area (Å²) >= 11 is 0. The summed E-state index contributed by atoms with van der Waals surface area (Å²) in [6, 6.07) is 70.9. The number of fused-ring (bicyclic) bond motifs is 7. The van der Waals surface area contributed by atoms with Crippen LogP contribution in [0.3, 0.4) is 0 Å². The van der Waals surface area contributed by atoms with E-state index < -0.39 is 7.14 Å². The van der Waals surface area contributed by atoms with Crippen molar-refractivity contribution in [1.29, 1.82) is 0 Å². The van der Waals surface area contributed by atoms with Crippen LogP contribution in [-0.4, -0.2) is 14.5 Å². The second kappa shape index (κ2) is 13.3. The topological polar surface area (TPSA) is 47.8 Å². The lowest BCUT2D eigenvalue weighted by Gasteiger charge is -2.17. The highest BCUT2D eigenvalue weighted by Gasteiger charge is 2.42. The molecule has 1 aliphatic rings. The van der Waals surface area contributed by atoms with E-state index in [-0.39, 0.29) is 0 Å². The zero-order chi connectivity index (χ0) is 37.9. The third-order valence-corrected chi connectivity index (χ3v) is 14.4. The van der Waals surface area contributed by atoms with Gasteiger partial charge in [-0.3, -0.25) is 0 Å². The predicted octanol–water partition coefficient (Wildman–Crippen LogP) is 11.9. The number of para-hydroxylation sites is 1. The van der Waals surface area contributed by atoms with E-state index in [0.717, 1.165) is 88.2 Å². The summed E-state index contributed by atoms with van der Waals surface area (Å²) in [5.74, 6) is 0.659. The van der Waals surface area contributed by atoms with Crippen LogP contribution >= 0.6 is 7.14 Å². The fourth-order valence-electron chi connectivity index (χ4n) is 8.57. The Kier molecular flexibility index (Phi) is 7.73. The second-order valence-corrected chi connectivity index (χ2v) is 17.2. The highest BCUT2D eigenvalue weighted by atomic mass is 31.2. The van der Waals surface area contributed by atoms with E-state index in [0.29, 0.717) is 5.82 Å². The minimum absolute atomic E-state index is 0.659. The molecule has 2 aromatic heterocycles. The molecule has 0 saturated heterocycles. The molecule has 1 aliphatic heterocycles. The molecule has 11 rings (SSSR count). The Morgan fingerprint density at radius 1 is 0.421 bits per heavy atom. The maximum Gasteiger partial charge on any atom is 0.172 e. The van der Waals surface area contributed by atoms with Gasteiger partial charge in [0.2, 0.25) is 0 Å². The number of rotatable bonds is 6. The Hall–Kier alpha value is -7.13. The van der Waals surface area contributed by atoms with Gasteiger partial charge in [-0.15, -0.1) is 0 Å². The number of hydrogen-bond donors (Lipinski definition) is 0.